The summed E-state index contributed by atoms with van der Waals surface area (Å²) in [5.74, 6) is 0. The molecule has 1 aromatic rings. The minimum absolute atomic E-state index is 0.354. The summed E-state index contributed by atoms with van der Waals surface area (Å²) < 4.78 is 37.0. The average molecular weight is 233 g/mol. The van der Waals surface area contributed by atoms with Crippen LogP contribution < -0.4 is 5.73 Å². The van der Waals surface area contributed by atoms with Gasteiger partial charge in [0.2, 0.25) is 0 Å². The highest BCUT2D eigenvalue weighted by Gasteiger charge is 2.43. The van der Waals surface area contributed by atoms with E-state index in [9.17, 15) is 13.2 Å². The first-order valence-corrected chi connectivity index (χ1v) is 4.81. The monoisotopic (exact) mass is 233 g/mol. The van der Waals surface area contributed by atoms with Gasteiger partial charge in [-0.15, -0.1) is 0 Å². The number of alkyl halides is 3. The van der Waals surface area contributed by atoms with Crippen LogP contribution in [0.25, 0.3) is 0 Å². The SMILES string of the molecule is Cc1cccc(C)c1[C@@H](N)[C@@H](O)C(F)(F)F. The van der Waals surface area contributed by atoms with E-state index in [1.54, 1.807) is 32.0 Å². The molecule has 0 unspecified atom stereocenters. The van der Waals surface area contributed by atoms with Crippen molar-refractivity contribution in [3.05, 3.63) is 34.9 Å². The van der Waals surface area contributed by atoms with E-state index < -0.39 is 18.3 Å². The fourth-order valence-corrected chi connectivity index (χ4v) is 1.71. The Morgan fingerprint density at radius 3 is 2.00 bits per heavy atom. The number of aryl methyl sites for hydroxylation is 2. The van der Waals surface area contributed by atoms with Gasteiger partial charge in [-0.2, -0.15) is 13.2 Å². The third-order valence-corrected chi connectivity index (χ3v) is 2.55. The van der Waals surface area contributed by atoms with Crippen molar-refractivity contribution in [1.29, 1.82) is 0 Å². The van der Waals surface area contributed by atoms with Gasteiger partial charge in [-0.1, -0.05) is 18.2 Å². The fraction of sp³-hybridized carbons (Fsp3) is 0.455. The first-order chi connectivity index (χ1) is 7.25. The van der Waals surface area contributed by atoms with Crippen LogP contribution in [0.1, 0.15) is 22.7 Å². The second-order valence-electron chi connectivity index (χ2n) is 3.82. The molecule has 0 aliphatic heterocycles. The zero-order chi connectivity index (χ0) is 12.5. The Balaban J connectivity index is 3.10. The van der Waals surface area contributed by atoms with Crippen molar-refractivity contribution in [2.45, 2.75) is 32.2 Å². The van der Waals surface area contributed by atoms with E-state index in [0.717, 1.165) is 0 Å². The number of halogens is 3. The molecule has 2 atom stereocenters. The van der Waals surface area contributed by atoms with E-state index in [4.69, 9.17) is 10.8 Å². The Morgan fingerprint density at radius 1 is 1.19 bits per heavy atom. The maximum absolute atomic E-state index is 12.3. The molecule has 0 amide bonds. The Hall–Kier alpha value is -1.07. The second kappa shape index (κ2) is 4.43. The molecule has 3 N–H and O–H groups in total. The maximum atomic E-state index is 12.3. The smallest absolute Gasteiger partial charge is 0.382 e. The van der Waals surface area contributed by atoms with Crippen molar-refractivity contribution >= 4 is 0 Å². The van der Waals surface area contributed by atoms with Crippen LogP contribution in [0, 0.1) is 13.8 Å². The third kappa shape index (κ3) is 2.54. The number of hydrogen-bond donors (Lipinski definition) is 2. The van der Waals surface area contributed by atoms with Gasteiger partial charge < -0.3 is 10.8 Å². The molecule has 1 aromatic carbocycles. The summed E-state index contributed by atoms with van der Waals surface area (Å²) in [5.41, 5.74) is 7.11. The Bertz CT molecular complexity index is 356. The van der Waals surface area contributed by atoms with Crippen LogP contribution >= 0.6 is 0 Å². The molecule has 0 fully saturated rings. The summed E-state index contributed by atoms with van der Waals surface area (Å²) in [6, 6.07) is 3.64. The minimum Gasteiger partial charge on any atom is -0.382 e. The van der Waals surface area contributed by atoms with Gasteiger partial charge in [-0.3, -0.25) is 0 Å². The van der Waals surface area contributed by atoms with Crippen molar-refractivity contribution in [1.82, 2.24) is 0 Å². The van der Waals surface area contributed by atoms with Crippen LogP contribution in [0.2, 0.25) is 0 Å². The number of aliphatic hydroxyl groups is 1. The highest BCUT2D eigenvalue weighted by atomic mass is 19.4. The lowest BCUT2D eigenvalue weighted by molar-refractivity contribution is -0.210. The molecule has 0 saturated carbocycles. The van der Waals surface area contributed by atoms with E-state index in [2.05, 4.69) is 0 Å². The summed E-state index contributed by atoms with van der Waals surface area (Å²) in [6.07, 6.45) is -7.24. The lowest BCUT2D eigenvalue weighted by atomic mass is 9.93. The van der Waals surface area contributed by atoms with Gasteiger partial charge in [-0.25, -0.2) is 0 Å². The van der Waals surface area contributed by atoms with Crippen molar-refractivity contribution in [2.75, 3.05) is 0 Å². The largest absolute Gasteiger partial charge is 0.416 e. The summed E-state index contributed by atoms with van der Waals surface area (Å²) in [4.78, 5) is 0. The molecular formula is C11H14F3NO. The maximum Gasteiger partial charge on any atom is 0.416 e. The zero-order valence-electron chi connectivity index (χ0n) is 9.05. The van der Waals surface area contributed by atoms with Crippen LogP contribution in [-0.2, 0) is 0 Å². The minimum atomic E-state index is -4.70. The lowest BCUT2D eigenvalue weighted by Gasteiger charge is -2.24. The Kier molecular flexibility index (Phi) is 3.60. The van der Waals surface area contributed by atoms with Gasteiger partial charge in [0.15, 0.2) is 6.10 Å². The van der Waals surface area contributed by atoms with E-state index in [-0.39, 0.29) is 0 Å². The van der Waals surface area contributed by atoms with Gasteiger partial charge in [0.05, 0.1) is 6.04 Å². The van der Waals surface area contributed by atoms with Crippen molar-refractivity contribution in [3.8, 4) is 0 Å². The molecule has 90 valence electrons. The van der Waals surface area contributed by atoms with Crippen LogP contribution in [-0.4, -0.2) is 17.4 Å². The number of nitrogens with two attached hydrogens (primary N) is 1. The molecule has 5 heteroatoms. The van der Waals surface area contributed by atoms with Crippen molar-refractivity contribution in [2.24, 2.45) is 5.73 Å². The highest BCUT2D eigenvalue weighted by molar-refractivity contribution is 5.36. The molecule has 0 radical (unpaired) electrons. The number of hydrogen-bond acceptors (Lipinski definition) is 2. The summed E-state index contributed by atoms with van der Waals surface area (Å²) in [7, 11) is 0. The quantitative estimate of drug-likeness (QED) is 0.822. The molecule has 0 aromatic heterocycles. The second-order valence-corrected chi connectivity index (χ2v) is 3.82. The fourth-order valence-electron chi connectivity index (χ4n) is 1.71. The van der Waals surface area contributed by atoms with Gasteiger partial charge in [0.25, 0.3) is 0 Å². The molecule has 0 saturated heterocycles. The first kappa shape index (κ1) is 13.0. The molecule has 1 rings (SSSR count). The van der Waals surface area contributed by atoms with Crippen molar-refractivity contribution < 1.29 is 18.3 Å². The predicted molar refractivity (Wildman–Crippen MR) is 54.9 cm³/mol. The topological polar surface area (TPSA) is 46.2 Å². The first-order valence-electron chi connectivity index (χ1n) is 4.81. The molecule has 0 spiro atoms. The summed E-state index contributed by atoms with van der Waals surface area (Å²) in [5, 5.41) is 9.11. The van der Waals surface area contributed by atoms with Crippen LogP contribution in [0.3, 0.4) is 0 Å². The Morgan fingerprint density at radius 2 is 1.62 bits per heavy atom. The third-order valence-electron chi connectivity index (χ3n) is 2.55. The van der Waals surface area contributed by atoms with Gasteiger partial charge >= 0.3 is 6.18 Å². The molecular weight excluding hydrogens is 219 g/mol. The normalized spacial score (nSPS) is 15.9. The molecule has 16 heavy (non-hydrogen) atoms. The number of benzene rings is 1. The molecule has 0 heterocycles. The van der Waals surface area contributed by atoms with Gasteiger partial charge in [-0.05, 0) is 30.5 Å². The number of aliphatic hydroxyl groups excluding tert-OH is 1. The Labute approximate surface area is 91.9 Å². The van der Waals surface area contributed by atoms with Crippen molar-refractivity contribution in [3.63, 3.8) is 0 Å². The van der Waals surface area contributed by atoms with Crippen LogP contribution in [0.4, 0.5) is 13.2 Å². The summed E-state index contributed by atoms with van der Waals surface area (Å²) in [6.45, 7) is 3.34. The van der Waals surface area contributed by atoms with Crippen LogP contribution in [0.15, 0.2) is 18.2 Å². The lowest BCUT2D eigenvalue weighted by Crippen LogP contribution is -2.39. The van der Waals surface area contributed by atoms with E-state index in [1.807, 2.05) is 0 Å². The predicted octanol–water partition coefficient (Wildman–Crippen LogP) is 2.23. The average Bonchev–Trinajstić information content (AvgIpc) is 2.14. The highest BCUT2D eigenvalue weighted by Crippen LogP contribution is 2.31. The molecule has 0 aliphatic carbocycles. The van der Waals surface area contributed by atoms with Gasteiger partial charge in [0.1, 0.15) is 0 Å². The van der Waals surface area contributed by atoms with Gasteiger partial charge in [0, 0.05) is 0 Å². The van der Waals surface area contributed by atoms with Crippen LogP contribution in [0.5, 0.6) is 0 Å². The standard InChI is InChI=1S/C11H14F3NO/c1-6-4-3-5-7(2)8(6)9(15)10(16)11(12,13)14/h3-5,9-10,16H,15H2,1-2H3/t9-,10-/m1/s1. The number of rotatable bonds is 2. The summed E-state index contributed by atoms with van der Waals surface area (Å²) >= 11 is 0. The molecule has 2 nitrogen and oxygen atoms in total. The molecule has 0 bridgehead atoms. The molecule has 0 aliphatic rings. The van der Waals surface area contributed by atoms with E-state index in [0.29, 0.717) is 16.7 Å². The van der Waals surface area contributed by atoms with E-state index >= 15 is 0 Å². The zero-order valence-corrected chi connectivity index (χ0v) is 9.05. The van der Waals surface area contributed by atoms with E-state index in [1.165, 1.54) is 0 Å².